The molecule has 0 spiro atoms. The van der Waals surface area contributed by atoms with Gasteiger partial charge in [-0.2, -0.15) is 10.3 Å². The summed E-state index contributed by atoms with van der Waals surface area (Å²) >= 11 is 0. The lowest BCUT2D eigenvalue weighted by Gasteiger charge is -2.35. The normalized spacial score (nSPS) is 20.6. The zero-order valence-corrected chi connectivity index (χ0v) is 16.8. The molecule has 2 aliphatic rings. The highest BCUT2D eigenvalue weighted by Crippen LogP contribution is 2.38. The highest BCUT2D eigenvalue weighted by molar-refractivity contribution is 6.01. The fraction of sp³-hybridized carbons (Fsp3) is 0.192. The molecule has 0 bridgehead atoms. The van der Waals surface area contributed by atoms with Crippen LogP contribution in [0.25, 0.3) is 11.1 Å². The smallest absolute Gasteiger partial charge is 0.456 e. The summed E-state index contributed by atoms with van der Waals surface area (Å²) in [5.41, 5.74) is 6.70. The number of nitriles is 2. The van der Waals surface area contributed by atoms with Crippen LogP contribution in [0, 0.1) is 22.8 Å². The van der Waals surface area contributed by atoms with Crippen molar-refractivity contribution in [2.24, 2.45) is 0 Å². The van der Waals surface area contributed by atoms with Gasteiger partial charge in [-0.15, -0.1) is 0 Å². The molecule has 5 rings (SSSR count). The van der Waals surface area contributed by atoms with E-state index in [0.717, 1.165) is 28.2 Å². The summed E-state index contributed by atoms with van der Waals surface area (Å²) < 4.78 is 12.3. The predicted molar refractivity (Wildman–Crippen MR) is 115 cm³/mol. The summed E-state index contributed by atoms with van der Waals surface area (Å²) in [5.74, 6) is 0.845. The lowest BCUT2D eigenvalue weighted by atomic mass is 9.84. The molecule has 150 valence electrons. The SMILES string of the molecule is N#C[NH+]=C1CC(C2COCc3ccccc32)Oc2ccc(-c3cccc(C#N)c3)cc21. The Bertz CT molecular complexity index is 1270. The quantitative estimate of drug-likeness (QED) is 0.524. The summed E-state index contributed by atoms with van der Waals surface area (Å²) in [6, 6.07) is 24.0. The number of nitrogens with zero attached hydrogens (tertiary/aromatic N) is 2. The maximum atomic E-state index is 9.37. The van der Waals surface area contributed by atoms with Gasteiger partial charge in [-0.3, -0.25) is 0 Å². The van der Waals surface area contributed by atoms with Gasteiger partial charge in [-0.25, -0.2) is 0 Å². The van der Waals surface area contributed by atoms with Gasteiger partial charge in [0.2, 0.25) is 0 Å². The first-order chi connectivity index (χ1) is 15.3. The van der Waals surface area contributed by atoms with Crippen molar-refractivity contribution in [2.45, 2.75) is 25.0 Å². The molecule has 2 unspecified atom stereocenters. The van der Waals surface area contributed by atoms with Crippen LogP contribution in [0.4, 0.5) is 0 Å². The van der Waals surface area contributed by atoms with Crippen molar-refractivity contribution in [1.29, 1.82) is 10.5 Å². The van der Waals surface area contributed by atoms with Crippen LogP contribution in [-0.4, -0.2) is 18.4 Å². The second-order valence-electron chi connectivity index (χ2n) is 7.80. The van der Waals surface area contributed by atoms with Crippen LogP contribution in [0.3, 0.4) is 0 Å². The van der Waals surface area contributed by atoms with E-state index in [4.69, 9.17) is 9.47 Å². The van der Waals surface area contributed by atoms with E-state index in [1.807, 2.05) is 48.5 Å². The molecule has 3 aromatic carbocycles. The molecule has 3 aromatic rings. The molecule has 0 aliphatic carbocycles. The highest BCUT2D eigenvalue weighted by atomic mass is 16.5. The zero-order chi connectivity index (χ0) is 21.2. The van der Waals surface area contributed by atoms with Crippen molar-refractivity contribution in [2.75, 3.05) is 6.61 Å². The Morgan fingerprint density at radius 1 is 0.935 bits per heavy atom. The summed E-state index contributed by atoms with van der Waals surface area (Å²) in [5, 5.41) is 18.6. The van der Waals surface area contributed by atoms with Gasteiger partial charge in [0.25, 0.3) is 0 Å². The second kappa shape index (κ2) is 8.07. The lowest BCUT2D eigenvalue weighted by molar-refractivity contribution is -0.353. The number of nitrogens with one attached hydrogen (secondary N) is 1. The third-order valence-corrected chi connectivity index (χ3v) is 5.98. The van der Waals surface area contributed by atoms with Crippen LogP contribution in [-0.2, 0) is 11.3 Å². The number of benzene rings is 3. The van der Waals surface area contributed by atoms with Gasteiger partial charge >= 0.3 is 6.19 Å². The van der Waals surface area contributed by atoms with E-state index in [1.165, 1.54) is 11.1 Å². The van der Waals surface area contributed by atoms with Gasteiger partial charge in [0, 0.05) is 12.3 Å². The first-order valence-corrected chi connectivity index (χ1v) is 10.2. The van der Waals surface area contributed by atoms with Gasteiger partial charge in [0.1, 0.15) is 17.6 Å². The number of fused-ring (bicyclic) bond motifs is 2. The molecular weight excluding hydrogens is 386 g/mol. The van der Waals surface area contributed by atoms with Crippen molar-refractivity contribution in [1.82, 2.24) is 0 Å². The molecule has 2 aliphatic heterocycles. The van der Waals surface area contributed by atoms with Gasteiger partial charge in [-0.05, 0) is 46.5 Å². The Morgan fingerprint density at radius 3 is 2.68 bits per heavy atom. The predicted octanol–water partition coefficient (Wildman–Crippen LogP) is 3.04. The minimum atomic E-state index is -0.127. The molecule has 0 fully saturated rings. The lowest BCUT2D eigenvalue weighted by Crippen LogP contribution is -2.68. The zero-order valence-electron chi connectivity index (χ0n) is 16.8. The van der Waals surface area contributed by atoms with Crippen LogP contribution >= 0.6 is 0 Å². The van der Waals surface area contributed by atoms with Crippen LogP contribution in [0.1, 0.15) is 34.6 Å². The van der Waals surface area contributed by atoms with Crippen LogP contribution < -0.4 is 9.73 Å². The van der Waals surface area contributed by atoms with Crippen LogP contribution in [0.15, 0.2) is 66.7 Å². The first-order valence-electron chi connectivity index (χ1n) is 10.2. The number of ether oxygens (including phenoxy) is 2. The topological polar surface area (TPSA) is 80.0 Å². The Labute approximate surface area is 180 Å². The van der Waals surface area contributed by atoms with E-state index in [1.54, 1.807) is 6.07 Å². The molecule has 5 nitrogen and oxygen atoms in total. The molecule has 2 atom stereocenters. The molecule has 0 aromatic heterocycles. The van der Waals surface area contributed by atoms with E-state index in [2.05, 4.69) is 29.4 Å². The Balaban J connectivity index is 1.52. The maximum absolute atomic E-state index is 9.37. The fourth-order valence-corrected chi connectivity index (χ4v) is 4.46. The molecule has 0 radical (unpaired) electrons. The molecule has 0 saturated heterocycles. The molecule has 5 heteroatoms. The average molecular weight is 406 g/mol. The number of hydrogen-bond donors (Lipinski definition) is 1. The van der Waals surface area contributed by atoms with E-state index < -0.39 is 0 Å². The third-order valence-electron chi connectivity index (χ3n) is 5.98. The van der Waals surface area contributed by atoms with E-state index in [-0.39, 0.29) is 12.0 Å². The minimum absolute atomic E-state index is 0.0978. The average Bonchev–Trinajstić information content (AvgIpc) is 2.83. The summed E-state index contributed by atoms with van der Waals surface area (Å²) in [6.07, 6.45) is 2.54. The largest absolute Gasteiger partial charge is 0.488 e. The van der Waals surface area contributed by atoms with Crippen molar-refractivity contribution < 1.29 is 14.5 Å². The van der Waals surface area contributed by atoms with Crippen molar-refractivity contribution in [3.63, 3.8) is 0 Å². The van der Waals surface area contributed by atoms with E-state index in [0.29, 0.717) is 25.2 Å². The fourth-order valence-electron chi connectivity index (χ4n) is 4.46. The van der Waals surface area contributed by atoms with Gasteiger partial charge in [0.05, 0.1) is 30.4 Å². The van der Waals surface area contributed by atoms with Crippen molar-refractivity contribution in [3.8, 4) is 29.1 Å². The van der Waals surface area contributed by atoms with E-state index in [9.17, 15) is 10.5 Å². The number of hydrogen-bond acceptors (Lipinski definition) is 4. The highest BCUT2D eigenvalue weighted by Gasteiger charge is 2.36. The van der Waals surface area contributed by atoms with Crippen LogP contribution in [0.5, 0.6) is 5.75 Å². The van der Waals surface area contributed by atoms with Gasteiger partial charge in [-0.1, -0.05) is 42.5 Å². The Morgan fingerprint density at radius 2 is 1.81 bits per heavy atom. The Hall–Kier alpha value is -3.93. The maximum Gasteiger partial charge on any atom is 0.456 e. The summed E-state index contributed by atoms with van der Waals surface area (Å²) in [7, 11) is 0. The summed E-state index contributed by atoms with van der Waals surface area (Å²) in [4.78, 5) is 2.88. The third kappa shape index (κ3) is 3.57. The molecule has 0 amide bonds. The van der Waals surface area contributed by atoms with Crippen molar-refractivity contribution >= 4 is 5.71 Å². The second-order valence-corrected chi connectivity index (χ2v) is 7.80. The van der Waals surface area contributed by atoms with Gasteiger partial charge < -0.3 is 9.47 Å². The van der Waals surface area contributed by atoms with Gasteiger partial charge in [0.15, 0.2) is 5.26 Å². The summed E-state index contributed by atoms with van der Waals surface area (Å²) in [6.45, 7) is 1.21. The Kier molecular flexibility index (Phi) is 4.96. The molecule has 2 heterocycles. The first kappa shape index (κ1) is 19.1. The van der Waals surface area contributed by atoms with E-state index >= 15 is 0 Å². The molecular formula is C26H20N3O2+. The molecule has 0 saturated carbocycles. The molecule has 1 N–H and O–H groups in total. The molecule has 31 heavy (non-hydrogen) atoms. The number of rotatable bonds is 2. The minimum Gasteiger partial charge on any atom is -0.488 e. The van der Waals surface area contributed by atoms with Crippen molar-refractivity contribution in [3.05, 3.63) is 89.0 Å². The monoisotopic (exact) mass is 406 g/mol. The standard InChI is InChI=1S/C26H19N3O2/c27-13-17-4-3-6-18(10-17)19-8-9-25-22(11-19)24(29-16-28)12-26(31-25)23-15-30-14-20-5-1-2-7-21(20)23/h1-11,23,26H,12,14-15H2/p+1. The van der Waals surface area contributed by atoms with Crippen LogP contribution in [0.2, 0.25) is 0 Å².